The summed E-state index contributed by atoms with van der Waals surface area (Å²) >= 11 is 3.34. The molecule has 0 aromatic carbocycles. The lowest BCUT2D eigenvalue weighted by atomic mass is 10.3. The van der Waals surface area contributed by atoms with Gasteiger partial charge in [-0.15, -0.1) is 0 Å². The number of rotatable bonds is 3. The van der Waals surface area contributed by atoms with Crippen LogP contribution in [0.4, 0.5) is 5.95 Å². The number of anilines is 1. The number of halogens is 1. The van der Waals surface area contributed by atoms with Gasteiger partial charge in [0, 0.05) is 56.6 Å². The Labute approximate surface area is 127 Å². The minimum atomic E-state index is 0.675. The van der Waals surface area contributed by atoms with Crippen LogP contribution in [-0.2, 0) is 0 Å². The fraction of sp³-hybridized carbons (Fsp3) is 0.462. The molecule has 108 valence electrons. The monoisotopic (exact) mass is 338 g/mol. The standard InChI is InChI=1S/C13H19BrN6/c1-11(14)10-18-12(15-2)19-6-8-20(9-7-19)13-16-4-3-5-17-13/h3-5H,1,6-10H2,2H3,(H,15,18). The Bertz CT molecular complexity index is 467. The fourth-order valence-corrected chi connectivity index (χ4v) is 2.22. The van der Waals surface area contributed by atoms with Gasteiger partial charge in [-0.1, -0.05) is 22.5 Å². The molecule has 0 aliphatic carbocycles. The zero-order valence-corrected chi connectivity index (χ0v) is 13.2. The van der Waals surface area contributed by atoms with E-state index in [1.54, 1.807) is 19.4 Å². The normalized spacial score (nSPS) is 16.2. The predicted molar refractivity (Wildman–Crippen MR) is 85.2 cm³/mol. The summed E-state index contributed by atoms with van der Waals surface area (Å²) in [6.07, 6.45) is 3.55. The number of hydrogen-bond acceptors (Lipinski definition) is 4. The molecular formula is C13H19BrN6. The lowest BCUT2D eigenvalue weighted by Gasteiger charge is -2.36. The largest absolute Gasteiger partial charge is 0.352 e. The van der Waals surface area contributed by atoms with Crippen LogP contribution in [0, 0.1) is 0 Å². The van der Waals surface area contributed by atoms with Gasteiger partial charge in [0.1, 0.15) is 0 Å². The molecule has 0 bridgehead atoms. The number of nitrogens with zero attached hydrogens (tertiary/aromatic N) is 5. The van der Waals surface area contributed by atoms with Gasteiger partial charge >= 0.3 is 0 Å². The van der Waals surface area contributed by atoms with Crippen molar-refractivity contribution in [3.05, 3.63) is 29.5 Å². The molecule has 1 N–H and O–H groups in total. The maximum atomic E-state index is 4.30. The van der Waals surface area contributed by atoms with Gasteiger partial charge in [-0.25, -0.2) is 9.97 Å². The molecule has 7 heteroatoms. The maximum absolute atomic E-state index is 4.30. The molecule has 1 fully saturated rings. The molecule has 0 amide bonds. The first-order chi connectivity index (χ1) is 9.70. The fourth-order valence-electron chi connectivity index (χ4n) is 2.08. The van der Waals surface area contributed by atoms with E-state index in [4.69, 9.17) is 0 Å². The Kier molecular flexibility index (Phi) is 5.34. The number of guanidine groups is 1. The zero-order valence-electron chi connectivity index (χ0n) is 11.6. The average molecular weight is 339 g/mol. The number of hydrogen-bond donors (Lipinski definition) is 1. The van der Waals surface area contributed by atoms with E-state index >= 15 is 0 Å². The number of piperazine rings is 1. The third-order valence-electron chi connectivity index (χ3n) is 3.06. The Hall–Kier alpha value is -1.63. The summed E-state index contributed by atoms with van der Waals surface area (Å²) in [5.74, 6) is 1.70. The third kappa shape index (κ3) is 3.93. The van der Waals surface area contributed by atoms with Crippen LogP contribution < -0.4 is 10.2 Å². The van der Waals surface area contributed by atoms with Gasteiger partial charge in [0.25, 0.3) is 0 Å². The molecule has 20 heavy (non-hydrogen) atoms. The van der Waals surface area contributed by atoms with E-state index in [0.717, 1.165) is 42.6 Å². The van der Waals surface area contributed by atoms with E-state index in [1.807, 2.05) is 6.07 Å². The van der Waals surface area contributed by atoms with Gasteiger partial charge in [-0.3, -0.25) is 4.99 Å². The van der Waals surface area contributed by atoms with Gasteiger partial charge in [0.05, 0.1) is 0 Å². The van der Waals surface area contributed by atoms with E-state index < -0.39 is 0 Å². The first-order valence-electron chi connectivity index (χ1n) is 6.51. The van der Waals surface area contributed by atoms with Gasteiger partial charge in [0.2, 0.25) is 5.95 Å². The molecule has 2 heterocycles. The van der Waals surface area contributed by atoms with Crippen LogP contribution in [0.25, 0.3) is 0 Å². The minimum absolute atomic E-state index is 0.675. The van der Waals surface area contributed by atoms with Crippen LogP contribution in [0.5, 0.6) is 0 Å². The second kappa shape index (κ2) is 7.23. The lowest BCUT2D eigenvalue weighted by Crippen LogP contribution is -2.53. The topological polar surface area (TPSA) is 56.7 Å². The van der Waals surface area contributed by atoms with Gasteiger partial charge in [-0.2, -0.15) is 0 Å². The van der Waals surface area contributed by atoms with Crippen molar-refractivity contribution in [2.75, 3.05) is 44.7 Å². The van der Waals surface area contributed by atoms with Gasteiger partial charge in [-0.05, 0) is 6.07 Å². The summed E-state index contributed by atoms with van der Waals surface area (Å²) in [4.78, 5) is 17.3. The van der Waals surface area contributed by atoms with Crippen molar-refractivity contribution < 1.29 is 0 Å². The van der Waals surface area contributed by atoms with Crippen molar-refractivity contribution in [2.45, 2.75) is 0 Å². The quantitative estimate of drug-likeness (QED) is 0.660. The van der Waals surface area contributed by atoms with Crippen molar-refractivity contribution in [1.82, 2.24) is 20.2 Å². The van der Waals surface area contributed by atoms with E-state index in [9.17, 15) is 0 Å². The molecule has 0 unspecified atom stereocenters. The molecule has 6 nitrogen and oxygen atoms in total. The second-order valence-electron chi connectivity index (χ2n) is 4.44. The third-order valence-corrected chi connectivity index (χ3v) is 3.34. The molecule has 1 aromatic heterocycles. The van der Waals surface area contributed by atoms with Crippen molar-refractivity contribution in [1.29, 1.82) is 0 Å². The Balaban J connectivity index is 1.88. The highest BCUT2D eigenvalue weighted by molar-refractivity contribution is 9.11. The predicted octanol–water partition coefficient (Wildman–Crippen LogP) is 1.08. The van der Waals surface area contributed by atoms with Crippen LogP contribution in [-0.4, -0.2) is 60.6 Å². The zero-order chi connectivity index (χ0) is 14.4. The van der Waals surface area contributed by atoms with E-state index in [1.165, 1.54) is 0 Å². The van der Waals surface area contributed by atoms with Crippen LogP contribution in [0.2, 0.25) is 0 Å². The van der Waals surface area contributed by atoms with Crippen LogP contribution in [0.3, 0.4) is 0 Å². The van der Waals surface area contributed by atoms with E-state index in [0.29, 0.717) is 6.54 Å². The van der Waals surface area contributed by atoms with Crippen molar-refractivity contribution >= 4 is 27.8 Å². The lowest BCUT2D eigenvalue weighted by molar-refractivity contribution is 0.371. The molecule has 0 spiro atoms. The van der Waals surface area contributed by atoms with Crippen LogP contribution >= 0.6 is 15.9 Å². The summed E-state index contributed by atoms with van der Waals surface area (Å²) < 4.78 is 0.912. The molecule has 0 radical (unpaired) electrons. The summed E-state index contributed by atoms with van der Waals surface area (Å²) in [5.41, 5.74) is 0. The van der Waals surface area contributed by atoms with Crippen molar-refractivity contribution in [2.24, 2.45) is 4.99 Å². The Morgan fingerprint density at radius 1 is 1.35 bits per heavy atom. The van der Waals surface area contributed by atoms with E-state index in [-0.39, 0.29) is 0 Å². The average Bonchev–Trinajstić information content (AvgIpc) is 2.49. The number of aliphatic imine (C=N–C) groups is 1. The highest BCUT2D eigenvalue weighted by Crippen LogP contribution is 2.09. The van der Waals surface area contributed by atoms with E-state index in [2.05, 4.69) is 52.6 Å². The minimum Gasteiger partial charge on any atom is -0.352 e. The Morgan fingerprint density at radius 3 is 2.55 bits per heavy atom. The summed E-state index contributed by atoms with van der Waals surface area (Å²) in [6.45, 7) is 8.06. The van der Waals surface area contributed by atoms with Crippen LogP contribution in [0.15, 0.2) is 34.5 Å². The second-order valence-corrected chi connectivity index (χ2v) is 5.56. The van der Waals surface area contributed by atoms with Crippen LogP contribution in [0.1, 0.15) is 0 Å². The molecule has 1 saturated heterocycles. The molecule has 0 saturated carbocycles. The molecular weight excluding hydrogens is 320 g/mol. The smallest absolute Gasteiger partial charge is 0.225 e. The molecule has 1 aliphatic rings. The van der Waals surface area contributed by atoms with Gasteiger partial charge in [0.15, 0.2) is 5.96 Å². The molecule has 0 atom stereocenters. The number of nitrogens with one attached hydrogen (secondary N) is 1. The molecule has 1 aromatic rings. The SMILES string of the molecule is C=C(Br)CNC(=NC)N1CCN(c2ncccn2)CC1. The number of aromatic nitrogens is 2. The van der Waals surface area contributed by atoms with Gasteiger partial charge < -0.3 is 15.1 Å². The Morgan fingerprint density at radius 2 is 2.00 bits per heavy atom. The van der Waals surface area contributed by atoms with Crippen molar-refractivity contribution in [3.8, 4) is 0 Å². The first-order valence-corrected chi connectivity index (χ1v) is 7.31. The summed E-state index contributed by atoms with van der Waals surface area (Å²) in [7, 11) is 1.80. The summed E-state index contributed by atoms with van der Waals surface area (Å²) in [5, 5.41) is 3.27. The first kappa shape index (κ1) is 14.8. The van der Waals surface area contributed by atoms with Crippen molar-refractivity contribution in [3.63, 3.8) is 0 Å². The molecule has 1 aliphatic heterocycles. The highest BCUT2D eigenvalue weighted by atomic mass is 79.9. The molecule has 2 rings (SSSR count). The highest BCUT2D eigenvalue weighted by Gasteiger charge is 2.20. The summed E-state index contributed by atoms with van der Waals surface area (Å²) in [6, 6.07) is 1.83. The maximum Gasteiger partial charge on any atom is 0.225 e.